The van der Waals surface area contributed by atoms with E-state index in [-0.39, 0.29) is 0 Å². The summed E-state index contributed by atoms with van der Waals surface area (Å²) < 4.78 is 31.0. The molecule has 0 fully saturated rings. The van der Waals surface area contributed by atoms with E-state index in [1.165, 1.54) is 0 Å². The Morgan fingerprint density at radius 1 is 1.05 bits per heavy atom. The van der Waals surface area contributed by atoms with Gasteiger partial charge in [0.2, 0.25) is 0 Å². The second-order valence-electron chi connectivity index (χ2n) is 4.65. The normalized spacial score (nSPS) is 16.7. The van der Waals surface area contributed by atoms with Crippen LogP contribution in [0.3, 0.4) is 0 Å². The molecule has 0 amide bonds. The van der Waals surface area contributed by atoms with Crippen LogP contribution in [0.5, 0.6) is 0 Å². The molecule has 2 N–H and O–H groups in total. The van der Waals surface area contributed by atoms with Crippen LogP contribution in [0.4, 0.5) is 0 Å². The predicted molar refractivity (Wildman–Crippen MR) is 88.6 cm³/mol. The fraction of sp³-hybridized carbons (Fsp3) is 1.00. The first-order valence-corrected chi connectivity index (χ1v) is 17.2. The lowest BCUT2D eigenvalue weighted by atomic mass is 11.8. The molecule has 0 aliphatic rings. The van der Waals surface area contributed by atoms with Crippen molar-refractivity contribution in [3.05, 3.63) is 0 Å². The predicted octanol–water partition coefficient (Wildman–Crippen LogP) is -4.53. The quantitative estimate of drug-likeness (QED) is 0.266. The second kappa shape index (κ2) is 10.0. The first kappa shape index (κ1) is 20.2. The summed E-state index contributed by atoms with van der Waals surface area (Å²) in [5, 5.41) is 0. The average molecular weight is 397 g/mol. The monoisotopic (exact) mass is 396 g/mol. The fourth-order valence-corrected chi connectivity index (χ4v) is 13.4. The summed E-state index contributed by atoms with van der Waals surface area (Å²) in [7, 11) is -10.7. The van der Waals surface area contributed by atoms with Crippen LogP contribution in [0, 0.1) is 0 Å². The van der Waals surface area contributed by atoms with Crippen molar-refractivity contribution >= 4 is 67.2 Å². The smallest absolute Gasteiger partial charge is 0.449 e. The maximum Gasteiger partial charge on any atom is 0.655 e. The molecule has 0 saturated heterocycles. The Morgan fingerprint density at radius 2 is 1.63 bits per heavy atom. The molecule has 0 aliphatic carbocycles. The van der Waals surface area contributed by atoms with Crippen molar-refractivity contribution in [1.29, 1.82) is 0 Å². The fourth-order valence-electron chi connectivity index (χ4n) is 1.02. The van der Waals surface area contributed by atoms with Crippen LogP contribution in [0.2, 0.25) is 26.2 Å². The van der Waals surface area contributed by atoms with Crippen LogP contribution >= 0.6 is 0 Å². The van der Waals surface area contributed by atoms with E-state index >= 15 is 0 Å². The standard InChI is InChI=1S/C4H24O8Si7/c1-17(12-18(2,3)4)9-16-11-19(5,6)10-15-8-14-7-13/h5-6,17H,14-16H2,1-4,13H3. The zero-order valence-corrected chi connectivity index (χ0v) is 21.4. The second-order valence-corrected chi connectivity index (χ2v) is 20.3. The zero-order chi connectivity index (χ0) is 14.9. The summed E-state index contributed by atoms with van der Waals surface area (Å²) in [5.74, 6) is 0. The third-order valence-corrected chi connectivity index (χ3v) is 14.4. The van der Waals surface area contributed by atoms with Crippen molar-refractivity contribution in [1.82, 2.24) is 0 Å². The van der Waals surface area contributed by atoms with Gasteiger partial charge in [0.25, 0.3) is 39.3 Å². The van der Waals surface area contributed by atoms with Gasteiger partial charge in [0.1, 0.15) is 10.5 Å². The Hall–Kier alpha value is 1.20. The summed E-state index contributed by atoms with van der Waals surface area (Å²) in [4.78, 5) is 19.0. The lowest BCUT2D eigenvalue weighted by Crippen LogP contribution is -2.47. The summed E-state index contributed by atoms with van der Waals surface area (Å²) >= 11 is 0. The number of rotatable bonds is 11. The Labute approximate surface area is 127 Å². The Morgan fingerprint density at radius 3 is 2.16 bits per heavy atom. The van der Waals surface area contributed by atoms with E-state index in [0.29, 0.717) is 10.5 Å². The van der Waals surface area contributed by atoms with E-state index in [9.17, 15) is 9.59 Å². The van der Waals surface area contributed by atoms with E-state index in [4.69, 9.17) is 24.7 Å². The first-order valence-electron chi connectivity index (χ1n) is 5.75. The van der Waals surface area contributed by atoms with Gasteiger partial charge in [0, 0.05) is 0 Å². The molecule has 8 nitrogen and oxygen atoms in total. The Kier molecular flexibility index (Phi) is 10.6. The van der Waals surface area contributed by atoms with Gasteiger partial charge in [-0.15, -0.1) is 0 Å². The molecular weight excluding hydrogens is 373 g/mol. The van der Waals surface area contributed by atoms with Gasteiger partial charge in [0.15, 0.2) is 8.32 Å². The molecule has 0 saturated carbocycles. The molecule has 0 radical (unpaired) electrons. The van der Waals surface area contributed by atoms with Crippen molar-refractivity contribution in [3.8, 4) is 0 Å². The molecule has 1 atom stereocenters. The van der Waals surface area contributed by atoms with Crippen molar-refractivity contribution in [2.24, 2.45) is 0 Å². The van der Waals surface area contributed by atoms with Crippen molar-refractivity contribution in [2.45, 2.75) is 26.2 Å². The minimum atomic E-state index is -4.05. The van der Waals surface area contributed by atoms with Crippen LogP contribution < -0.4 is 0 Å². The van der Waals surface area contributed by atoms with Crippen LogP contribution in [-0.4, -0.2) is 76.7 Å². The largest absolute Gasteiger partial charge is 0.655 e. The maximum absolute atomic E-state index is 9.49. The summed E-state index contributed by atoms with van der Waals surface area (Å²) in [5.41, 5.74) is 0. The Balaban J connectivity index is 3.73. The van der Waals surface area contributed by atoms with E-state index in [1.807, 2.05) is 6.55 Å². The summed E-state index contributed by atoms with van der Waals surface area (Å²) in [6, 6.07) is 0. The average Bonchev–Trinajstić information content (AvgIpc) is 2.21. The molecule has 15 heteroatoms. The van der Waals surface area contributed by atoms with Crippen LogP contribution in [0.1, 0.15) is 0 Å². The molecule has 0 rings (SSSR count). The molecule has 0 aromatic carbocycles. The molecular formula is C4H24O8Si7. The van der Waals surface area contributed by atoms with Crippen molar-refractivity contribution in [3.63, 3.8) is 0 Å². The summed E-state index contributed by atoms with van der Waals surface area (Å²) in [6.45, 7) is 8.13. The third-order valence-electron chi connectivity index (χ3n) is 1.60. The van der Waals surface area contributed by atoms with Gasteiger partial charge in [-0.3, -0.25) is 0 Å². The van der Waals surface area contributed by atoms with Gasteiger partial charge in [-0.05, 0) is 26.2 Å². The topological polar surface area (TPSA) is 95.8 Å². The van der Waals surface area contributed by atoms with Crippen LogP contribution in [0.15, 0.2) is 0 Å². The third kappa shape index (κ3) is 13.9. The lowest BCUT2D eigenvalue weighted by Gasteiger charge is -2.24. The molecule has 0 spiro atoms. The van der Waals surface area contributed by atoms with Crippen LogP contribution in [-0.2, 0) is 24.7 Å². The molecule has 0 aromatic rings. The molecule has 0 aliphatic heterocycles. The van der Waals surface area contributed by atoms with Crippen LogP contribution in [0.25, 0.3) is 0 Å². The van der Waals surface area contributed by atoms with E-state index in [2.05, 4.69) is 19.6 Å². The van der Waals surface area contributed by atoms with Gasteiger partial charge in [-0.2, -0.15) is 0 Å². The molecule has 116 valence electrons. The van der Waals surface area contributed by atoms with Crippen molar-refractivity contribution < 1.29 is 34.3 Å². The number of hydrogen-bond acceptors (Lipinski definition) is 8. The SMILES string of the molecule is C[SiH](O[SiH2]O[Si](O)(O)O[SiH2]O[SiH2]O[SiH3])O[Si](C)(C)C. The molecule has 0 heterocycles. The van der Waals surface area contributed by atoms with E-state index < -0.39 is 56.7 Å². The first-order chi connectivity index (χ1) is 8.66. The Bertz CT molecular complexity index is 236. The van der Waals surface area contributed by atoms with Gasteiger partial charge < -0.3 is 34.3 Å². The van der Waals surface area contributed by atoms with Gasteiger partial charge >= 0.3 is 9.05 Å². The van der Waals surface area contributed by atoms with Gasteiger partial charge in [-0.25, -0.2) is 0 Å². The van der Waals surface area contributed by atoms with Crippen molar-refractivity contribution in [2.75, 3.05) is 0 Å². The summed E-state index contributed by atoms with van der Waals surface area (Å²) in [6.07, 6.45) is 0. The van der Waals surface area contributed by atoms with Gasteiger partial charge in [0.05, 0.1) is 0 Å². The minimum absolute atomic E-state index is 0.630. The molecule has 1 unspecified atom stereocenters. The highest BCUT2D eigenvalue weighted by atomic mass is 28.5. The maximum atomic E-state index is 9.49. The van der Waals surface area contributed by atoms with E-state index in [0.717, 1.165) is 0 Å². The molecule has 19 heavy (non-hydrogen) atoms. The highest BCUT2D eigenvalue weighted by molar-refractivity contribution is 6.76. The minimum Gasteiger partial charge on any atom is -0.449 e. The molecule has 0 aromatic heterocycles. The number of hydrogen-bond donors (Lipinski definition) is 2. The lowest BCUT2D eigenvalue weighted by molar-refractivity contribution is 0.128. The van der Waals surface area contributed by atoms with Gasteiger partial charge in [-0.1, -0.05) is 0 Å². The highest BCUT2D eigenvalue weighted by Crippen LogP contribution is 2.06. The highest BCUT2D eigenvalue weighted by Gasteiger charge is 2.36. The zero-order valence-electron chi connectivity index (χ0n) is 12.0. The van der Waals surface area contributed by atoms with E-state index in [1.54, 1.807) is 0 Å². The molecule has 0 bridgehead atoms.